The van der Waals surface area contributed by atoms with Gasteiger partial charge < -0.3 is 33.8 Å². The van der Waals surface area contributed by atoms with Gasteiger partial charge in [0.1, 0.15) is 19.3 Å². The Morgan fingerprint density at radius 2 is 0.430 bits per heavy atom. The third kappa shape index (κ3) is 81.9. The molecule has 0 heterocycles. The van der Waals surface area contributed by atoms with E-state index in [1.54, 1.807) is 0 Å². The third-order valence-electron chi connectivity index (χ3n) is 20.8. The minimum absolute atomic E-state index is 0.108. The number of aliphatic hydroxyl groups is 1. The van der Waals surface area contributed by atoms with Crippen LogP contribution in [0, 0.1) is 5.92 Å². The molecule has 3 N–H and O–H groups in total. The molecule has 0 radical (unpaired) electrons. The molecule has 0 aromatic carbocycles. The van der Waals surface area contributed by atoms with Gasteiger partial charge in [-0.05, 0) is 31.6 Å². The van der Waals surface area contributed by atoms with E-state index in [1.165, 1.54) is 302 Å². The summed E-state index contributed by atoms with van der Waals surface area (Å²) in [7, 11) is -9.93. The number of hydrogen-bond donors (Lipinski definition) is 3. The van der Waals surface area contributed by atoms with Crippen LogP contribution in [0.4, 0.5) is 0 Å². The van der Waals surface area contributed by atoms with Gasteiger partial charge in [-0.15, -0.1) is 0 Å². The van der Waals surface area contributed by atoms with Crippen LogP contribution < -0.4 is 0 Å². The van der Waals surface area contributed by atoms with Crippen LogP contribution in [0.5, 0.6) is 0 Å². The van der Waals surface area contributed by atoms with Gasteiger partial charge >= 0.3 is 39.5 Å². The van der Waals surface area contributed by atoms with E-state index in [-0.39, 0.29) is 25.7 Å². The molecule has 0 fully saturated rings. The van der Waals surface area contributed by atoms with Crippen molar-refractivity contribution in [1.29, 1.82) is 0 Å². The van der Waals surface area contributed by atoms with Crippen LogP contribution in [-0.4, -0.2) is 96.7 Å². The molecule has 0 saturated carbocycles. The highest BCUT2D eigenvalue weighted by Gasteiger charge is 2.30. The summed E-state index contributed by atoms with van der Waals surface area (Å²) in [4.78, 5) is 73.2. The Balaban J connectivity index is 5.21. The summed E-state index contributed by atoms with van der Waals surface area (Å²) in [6.07, 6.45) is 75.1. The molecule has 0 spiro atoms. The van der Waals surface area contributed by atoms with Gasteiger partial charge in [0.2, 0.25) is 0 Å². The predicted molar refractivity (Wildman–Crippen MR) is 442 cm³/mol. The summed E-state index contributed by atoms with van der Waals surface area (Å²) in [6, 6.07) is 0. The minimum atomic E-state index is -4.97. The maximum atomic E-state index is 13.2. The average Bonchev–Trinajstić information content (AvgIpc) is 0.912. The molecule has 0 bridgehead atoms. The van der Waals surface area contributed by atoms with Crippen molar-refractivity contribution in [2.75, 3.05) is 39.6 Å². The fourth-order valence-corrected chi connectivity index (χ4v) is 15.4. The van der Waals surface area contributed by atoms with Crippen molar-refractivity contribution in [3.63, 3.8) is 0 Å². The number of phosphoric ester groups is 2. The van der Waals surface area contributed by atoms with Gasteiger partial charge in [0.05, 0.1) is 26.4 Å². The lowest BCUT2D eigenvalue weighted by Crippen LogP contribution is -2.30. The molecule has 17 nitrogen and oxygen atoms in total. The Labute approximate surface area is 658 Å². The molecular weight excluding hydrogens is 1390 g/mol. The number of hydrogen-bond acceptors (Lipinski definition) is 15. The van der Waals surface area contributed by atoms with Crippen molar-refractivity contribution in [2.24, 2.45) is 5.92 Å². The number of unbranched alkanes of at least 4 members (excludes halogenated alkanes) is 60. The summed E-state index contributed by atoms with van der Waals surface area (Å²) in [6.45, 7) is 7.37. The largest absolute Gasteiger partial charge is 0.472 e. The van der Waals surface area contributed by atoms with E-state index in [0.29, 0.717) is 25.7 Å². The molecule has 636 valence electrons. The van der Waals surface area contributed by atoms with Gasteiger partial charge in [0.25, 0.3) is 0 Å². The van der Waals surface area contributed by atoms with Crippen molar-refractivity contribution in [2.45, 2.75) is 496 Å². The number of carbonyl (C=O) groups is 4. The number of ether oxygens (including phenoxy) is 4. The van der Waals surface area contributed by atoms with Crippen molar-refractivity contribution in [3.05, 3.63) is 0 Å². The molecule has 0 aromatic heterocycles. The second-order valence-corrected chi connectivity index (χ2v) is 35.0. The molecule has 0 aliphatic rings. The SMILES string of the molecule is CCCCCCCCCCCCCCCCCCCCCCCCC(=O)O[C@H](COC(=O)CCCCCCCCCCCCCCCCCCCCCC)COP(=O)(O)OC[C@@H](O)COP(=O)(O)OC[C@@H](COC(=O)CCCCCCCCCCCC)OC(=O)CCCCCCCCCCCCCCC(C)C. The lowest BCUT2D eigenvalue weighted by atomic mass is 10.0. The highest BCUT2D eigenvalue weighted by atomic mass is 31.2. The zero-order chi connectivity index (χ0) is 78.3. The zero-order valence-electron chi connectivity index (χ0n) is 70.3. The van der Waals surface area contributed by atoms with Crippen molar-refractivity contribution < 1.29 is 80.2 Å². The van der Waals surface area contributed by atoms with E-state index in [2.05, 4.69) is 34.6 Å². The van der Waals surface area contributed by atoms with Crippen LogP contribution in [0.15, 0.2) is 0 Å². The topological polar surface area (TPSA) is 237 Å². The Bertz CT molecular complexity index is 2030. The van der Waals surface area contributed by atoms with E-state index in [9.17, 15) is 43.2 Å². The van der Waals surface area contributed by atoms with Crippen LogP contribution in [0.25, 0.3) is 0 Å². The van der Waals surface area contributed by atoms with E-state index in [1.807, 2.05) is 0 Å². The zero-order valence-corrected chi connectivity index (χ0v) is 72.1. The number of phosphoric acid groups is 2. The maximum Gasteiger partial charge on any atom is 0.472 e. The van der Waals surface area contributed by atoms with Gasteiger partial charge in [0, 0.05) is 25.7 Å². The molecule has 0 aromatic rings. The Hall–Kier alpha value is -1.94. The standard InChI is InChI=1S/C88H172O17P2/c1-6-9-12-15-18-21-24-26-28-30-32-34-35-37-39-41-43-48-53-58-63-68-73-87(92)105-84(78-99-86(91)72-67-62-57-52-47-42-40-38-36-33-31-29-27-25-22-19-16-13-10-7-2)80-103-107(96,97)101-76-82(89)75-100-106(94,95)102-79-83(77-98-85(90)71-66-61-56-51-23-20-17-14-11-8-3)104-88(93)74-69-64-59-54-49-45-44-46-50-55-60-65-70-81(4)5/h81-84,89H,6-80H2,1-5H3,(H,94,95)(H,96,97)/t82-,83+,84+/m0/s1. The van der Waals surface area contributed by atoms with Gasteiger partial charge in [0.15, 0.2) is 12.2 Å². The fraction of sp³-hybridized carbons (Fsp3) is 0.955. The van der Waals surface area contributed by atoms with Crippen molar-refractivity contribution >= 4 is 39.5 Å². The Morgan fingerprint density at radius 3 is 0.636 bits per heavy atom. The fourth-order valence-electron chi connectivity index (χ4n) is 13.8. The molecule has 5 atom stereocenters. The van der Waals surface area contributed by atoms with Crippen molar-refractivity contribution in [3.8, 4) is 0 Å². The lowest BCUT2D eigenvalue weighted by Gasteiger charge is -2.21. The van der Waals surface area contributed by atoms with Gasteiger partial charge in [-0.3, -0.25) is 37.3 Å². The summed E-state index contributed by atoms with van der Waals surface area (Å²) in [5.74, 6) is -1.32. The van der Waals surface area contributed by atoms with Crippen LogP contribution >= 0.6 is 15.6 Å². The first-order chi connectivity index (χ1) is 52.0. The number of carbonyl (C=O) groups excluding carboxylic acids is 4. The quantitative estimate of drug-likeness (QED) is 0.0222. The summed E-state index contributed by atoms with van der Waals surface area (Å²) >= 11 is 0. The first kappa shape index (κ1) is 105. The summed E-state index contributed by atoms with van der Waals surface area (Å²) in [5, 5.41) is 10.7. The minimum Gasteiger partial charge on any atom is -0.462 e. The third-order valence-corrected chi connectivity index (χ3v) is 22.7. The highest BCUT2D eigenvalue weighted by molar-refractivity contribution is 7.47. The smallest absolute Gasteiger partial charge is 0.462 e. The molecule has 107 heavy (non-hydrogen) atoms. The molecule has 2 unspecified atom stereocenters. The van der Waals surface area contributed by atoms with Gasteiger partial charge in [-0.1, -0.05) is 426 Å². The number of aliphatic hydroxyl groups excluding tert-OH is 1. The second-order valence-electron chi connectivity index (χ2n) is 32.1. The molecule has 0 saturated heterocycles. The highest BCUT2D eigenvalue weighted by Crippen LogP contribution is 2.45. The molecule has 0 amide bonds. The average molecular weight is 1560 g/mol. The molecule has 0 aliphatic carbocycles. The second kappa shape index (κ2) is 80.7. The van der Waals surface area contributed by atoms with E-state index in [0.717, 1.165) is 95.8 Å². The first-order valence-electron chi connectivity index (χ1n) is 45.6. The summed E-state index contributed by atoms with van der Waals surface area (Å²) < 4.78 is 68.9. The Kier molecular flexibility index (Phi) is 79.2. The van der Waals surface area contributed by atoms with Gasteiger partial charge in [-0.25, -0.2) is 9.13 Å². The molecular formula is C88H172O17P2. The van der Waals surface area contributed by atoms with E-state index >= 15 is 0 Å². The van der Waals surface area contributed by atoms with Crippen LogP contribution in [0.2, 0.25) is 0 Å². The summed E-state index contributed by atoms with van der Waals surface area (Å²) in [5.41, 5.74) is 0. The monoisotopic (exact) mass is 1560 g/mol. The predicted octanol–water partition coefficient (Wildman–Crippen LogP) is 27.2. The normalized spacial score (nSPS) is 13.7. The van der Waals surface area contributed by atoms with Gasteiger partial charge in [-0.2, -0.15) is 0 Å². The number of rotatable bonds is 88. The Morgan fingerprint density at radius 1 is 0.252 bits per heavy atom. The van der Waals surface area contributed by atoms with E-state index in [4.69, 9.17) is 37.0 Å². The molecule has 0 rings (SSSR count). The lowest BCUT2D eigenvalue weighted by molar-refractivity contribution is -0.161. The van der Waals surface area contributed by atoms with Crippen LogP contribution in [0.1, 0.15) is 478 Å². The number of esters is 4. The first-order valence-corrected chi connectivity index (χ1v) is 48.6. The molecule has 19 heteroatoms. The molecule has 0 aliphatic heterocycles. The van der Waals surface area contributed by atoms with E-state index < -0.39 is 97.5 Å². The van der Waals surface area contributed by atoms with Crippen LogP contribution in [0.3, 0.4) is 0 Å². The maximum absolute atomic E-state index is 13.2. The van der Waals surface area contributed by atoms with Crippen LogP contribution in [-0.2, 0) is 65.4 Å². The van der Waals surface area contributed by atoms with Crippen molar-refractivity contribution in [1.82, 2.24) is 0 Å².